The highest BCUT2D eigenvalue weighted by molar-refractivity contribution is 7.94. The molecule has 0 aliphatic rings. The fourth-order valence-corrected chi connectivity index (χ4v) is 2.86. The lowest BCUT2D eigenvalue weighted by Crippen LogP contribution is -2.33. The van der Waals surface area contributed by atoms with E-state index < -0.39 is 14.8 Å². The van der Waals surface area contributed by atoms with Gasteiger partial charge in [0.25, 0.3) is 0 Å². The summed E-state index contributed by atoms with van der Waals surface area (Å²) < 4.78 is 26.0. The van der Waals surface area contributed by atoms with Crippen LogP contribution in [0.2, 0.25) is 10.0 Å². The number of nitrogens with one attached hydrogen (secondary N) is 2. The molecule has 0 amide bonds. The smallest absolute Gasteiger partial charge is 0.237 e. The van der Waals surface area contributed by atoms with E-state index in [1.165, 1.54) is 0 Å². The molecule has 2 N–H and O–H groups in total. The van der Waals surface area contributed by atoms with Crippen molar-refractivity contribution >= 4 is 44.6 Å². The lowest BCUT2D eigenvalue weighted by Gasteiger charge is -2.20. The fraction of sp³-hybridized carbons (Fsp3) is 0.294. The maximum absolute atomic E-state index is 12.1. The van der Waals surface area contributed by atoms with Crippen molar-refractivity contribution in [1.82, 2.24) is 0 Å². The van der Waals surface area contributed by atoms with Crippen molar-refractivity contribution in [2.75, 3.05) is 10.0 Å². The predicted octanol–water partition coefficient (Wildman–Crippen LogP) is 5.15. The first-order chi connectivity index (χ1) is 11.1. The molecule has 7 heteroatoms. The minimum absolute atomic E-state index is 0.494. The van der Waals surface area contributed by atoms with Gasteiger partial charge in [-0.3, -0.25) is 4.72 Å². The van der Waals surface area contributed by atoms with Gasteiger partial charge in [-0.2, -0.15) is 0 Å². The van der Waals surface area contributed by atoms with Crippen LogP contribution < -0.4 is 10.0 Å². The quantitative estimate of drug-likeness (QED) is 0.746. The molecular formula is C17H20Cl2N2O2S. The number of rotatable bonds is 5. The largest absolute Gasteiger partial charge is 0.381 e. The molecule has 0 atom stereocenters. The van der Waals surface area contributed by atoms with E-state index in [-0.39, 0.29) is 0 Å². The van der Waals surface area contributed by atoms with Crippen molar-refractivity contribution in [1.29, 1.82) is 0 Å². The molecule has 130 valence electrons. The summed E-state index contributed by atoms with van der Waals surface area (Å²) in [6.07, 6.45) is 0. The molecule has 0 radical (unpaired) electrons. The third kappa shape index (κ3) is 4.79. The first-order valence-electron chi connectivity index (χ1n) is 7.39. The lowest BCUT2D eigenvalue weighted by atomic mass is 10.2. The van der Waals surface area contributed by atoms with Gasteiger partial charge >= 0.3 is 0 Å². The molecule has 0 unspecified atom stereocenters. The van der Waals surface area contributed by atoms with Crippen LogP contribution in [-0.4, -0.2) is 13.2 Å². The molecule has 2 rings (SSSR count). The van der Waals surface area contributed by atoms with E-state index in [2.05, 4.69) is 10.0 Å². The Bertz CT molecular complexity index is 813. The summed E-state index contributed by atoms with van der Waals surface area (Å²) in [4.78, 5) is 0. The average molecular weight is 387 g/mol. The molecule has 0 fully saturated rings. The van der Waals surface area contributed by atoms with Crippen molar-refractivity contribution in [3.05, 3.63) is 58.1 Å². The molecule has 0 saturated heterocycles. The van der Waals surface area contributed by atoms with E-state index in [4.69, 9.17) is 23.2 Å². The van der Waals surface area contributed by atoms with Gasteiger partial charge in [0.1, 0.15) is 0 Å². The zero-order valence-corrected chi connectivity index (χ0v) is 16.1. The molecule has 0 aromatic heterocycles. The predicted molar refractivity (Wildman–Crippen MR) is 103 cm³/mol. The average Bonchev–Trinajstić information content (AvgIpc) is 2.48. The Morgan fingerprint density at radius 1 is 0.917 bits per heavy atom. The van der Waals surface area contributed by atoms with Crippen LogP contribution in [0.1, 0.15) is 26.3 Å². The van der Waals surface area contributed by atoms with Gasteiger partial charge in [-0.25, -0.2) is 8.42 Å². The summed E-state index contributed by atoms with van der Waals surface area (Å²) in [6, 6.07) is 12.6. The van der Waals surface area contributed by atoms with Crippen LogP contribution in [0.3, 0.4) is 0 Å². The van der Waals surface area contributed by atoms with Crippen LogP contribution in [0.25, 0.3) is 0 Å². The van der Waals surface area contributed by atoms with E-state index in [0.717, 1.165) is 11.3 Å². The zero-order chi connectivity index (χ0) is 18.0. The van der Waals surface area contributed by atoms with Crippen LogP contribution in [0, 0.1) is 0 Å². The molecule has 4 nitrogen and oxygen atoms in total. The zero-order valence-electron chi connectivity index (χ0n) is 13.7. The second-order valence-electron chi connectivity index (χ2n) is 6.40. The number of halogens is 2. The summed E-state index contributed by atoms with van der Waals surface area (Å²) in [5, 5.41) is 4.25. The molecule has 0 saturated carbocycles. The van der Waals surface area contributed by atoms with E-state index in [0.29, 0.717) is 22.3 Å². The number of hydrogen-bond acceptors (Lipinski definition) is 3. The highest BCUT2D eigenvalue weighted by Gasteiger charge is 2.28. The minimum atomic E-state index is -3.42. The van der Waals surface area contributed by atoms with E-state index in [1.54, 1.807) is 45.0 Å². The van der Waals surface area contributed by atoms with Crippen molar-refractivity contribution < 1.29 is 8.42 Å². The summed E-state index contributed by atoms with van der Waals surface area (Å²) in [7, 11) is -3.42. The highest BCUT2D eigenvalue weighted by Crippen LogP contribution is 2.25. The SMILES string of the molecule is CC(C)(C)S(=O)(=O)Nc1ccc(CNc2ccc(Cl)c(Cl)c2)cc1. The maximum Gasteiger partial charge on any atom is 0.237 e. The Labute approximate surface area is 153 Å². The third-order valence-corrected chi connectivity index (χ3v) is 6.28. The van der Waals surface area contributed by atoms with E-state index >= 15 is 0 Å². The van der Waals surface area contributed by atoms with Gasteiger partial charge in [0.2, 0.25) is 10.0 Å². The van der Waals surface area contributed by atoms with Gasteiger partial charge in [-0.1, -0.05) is 35.3 Å². The number of sulfonamides is 1. The van der Waals surface area contributed by atoms with Gasteiger partial charge in [0.15, 0.2) is 0 Å². The molecule has 0 spiro atoms. The maximum atomic E-state index is 12.1. The first-order valence-corrected chi connectivity index (χ1v) is 9.63. The summed E-state index contributed by atoms with van der Waals surface area (Å²) in [5.41, 5.74) is 2.42. The highest BCUT2D eigenvalue weighted by atomic mass is 35.5. The van der Waals surface area contributed by atoms with Gasteiger partial charge in [0, 0.05) is 17.9 Å². The standard InChI is InChI=1S/C17H20Cl2N2O2S/c1-17(2,3)24(22,23)21-13-6-4-12(5-7-13)11-20-14-8-9-15(18)16(19)10-14/h4-10,20-21H,11H2,1-3H3. The molecule has 24 heavy (non-hydrogen) atoms. The Balaban J connectivity index is 2.01. The molecule has 0 aliphatic heterocycles. The first kappa shape index (κ1) is 18.9. The van der Waals surface area contributed by atoms with Crippen LogP contribution in [0.5, 0.6) is 0 Å². The van der Waals surface area contributed by atoms with Gasteiger partial charge in [0.05, 0.1) is 14.8 Å². The van der Waals surface area contributed by atoms with Crippen molar-refractivity contribution in [3.8, 4) is 0 Å². The fourth-order valence-electron chi connectivity index (χ4n) is 1.81. The number of hydrogen-bond donors (Lipinski definition) is 2. The lowest BCUT2D eigenvalue weighted by molar-refractivity contribution is 0.566. The molecule has 0 bridgehead atoms. The van der Waals surface area contributed by atoms with Crippen molar-refractivity contribution in [2.45, 2.75) is 32.1 Å². The Kier molecular flexibility index (Phi) is 5.68. The Morgan fingerprint density at radius 2 is 1.50 bits per heavy atom. The number of benzene rings is 2. The van der Waals surface area contributed by atoms with Gasteiger partial charge < -0.3 is 5.32 Å². The molecular weight excluding hydrogens is 367 g/mol. The van der Waals surface area contributed by atoms with Crippen molar-refractivity contribution in [3.63, 3.8) is 0 Å². The molecule has 2 aromatic carbocycles. The summed E-state index contributed by atoms with van der Waals surface area (Å²) in [6.45, 7) is 5.56. The van der Waals surface area contributed by atoms with E-state index in [9.17, 15) is 8.42 Å². The topological polar surface area (TPSA) is 58.2 Å². The van der Waals surface area contributed by atoms with E-state index in [1.807, 2.05) is 18.2 Å². The van der Waals surface area contributed by atoms with Crippen LogP contribution in [0.15, 0.2) is 42.5 Å². The monoisotopic (exact) mass is 386 g/mol. The van der Waals surface area contributed by atoms with Crippen molar-refractivity contribution in [2.24, 2.45) is 0 Å². The second-order valence-corrected chi connectivity index (χ2v) is 9.65. The minimum Gasteiger partial charge on any atom is -0.381 e. The van der Waals surface area contributed by atoms with Crippen LogP contribution >= 0.6 is 23.2 Å². The molecule has 0 aliphatic carbocycles. The van der Waals surface area contributed by atoms with Crippen LogP contribution in [-0.2, 0) is 16.6 Å². The summed E-state index contributed by atoms with van der Waals surface area (Å²) in [5.74, 6) is 0. The second kappa shape index (κ2) is 7.21. The number of anilines is 2. The molecule has 2 aromatic rings. The van der Waals surface area contributed by atoms with Crippen LogP contribution in [0.4, 0.5) is 11.4 Å². The summed E-state index contributed by atoms with van der Waals surface area (Å²) >= 11 is 11.9. The normalized spacial score (nSPS) is 12.0. The Hall–Kier alpha value is -1.43. The Morgan fingerprint density at radius 3 is 2.04 bits per heavy atom. The third-order valence-electron chi connectivity index (χ3n) is 3.43. The van der Waals surface area contributed by atoms with Gasteiger partial charge in [-0.05, 0) is 56.7 Å². The van der Waals surface area contributed by atoms with Gasteiger partial charge in [-0.15, -0.1) is 0 Å². The molecule has 0 heterocycles.